The third kappa shape index (κ3) is 4.43. The zero-order valence-electron chi connectivity index (χ0n) is 9.95. The van der Waals surface area contributed by atoms with Gasteiger partial charge in [0, 0.05) is 17.0 Å². The number of carbonyl (C=O) groups is 2. The molecule has 16 heavy (non-hydrogen) atoms. The molecule has 0 heterocycles. The van der Waals surface area contributed by atoms with E-state index in [-0.39, 0.29) is 16.6 Å². The van der Waals surface area contributed by atoms with Crippen LogP contribution in [0.2, 0.25) is 0 Å². The van der Waals surface area contributed by atoms with Gasteiger partial charge in [-0.25, -0.2) is 0 Å². The number of hydrogen-bond donors (Lipinski definition) is 2. The molecule has 1 aliphatic carbocycles. The fraction of sp³-hybridized carbons (Fsp3) is 0.818. The van der Waals surface area contributed by atoms with Crippen LogP contribution in [0, 0.1) is 11.8 Å². The third-order valence-corrected chi connectivity index (χ3v) is 3.66. The number of amides is 1. The molecule has 1 saturated carbocycles. The summed E-state index contributed by atoms with van der Waals surface area (Å²) < 4.78 is 0.202. The fourth-order valence-electron chi connectivity index (χ4n) is 1.42. The summed E-state index contributed by atoms with van der Waals surface area (Å²) in [5.41, 5.74) is 0. The summed E-state index contributed by atoms with van der Waals surface area (Å²) in [6.07, 6.45) is 0.494. The number of carbonyl (C=O) groups excluding carboxylic acids is 1. The van der Waals surface area contributed by atoms with E-state index in [9.17, 15) is 9.59 Å². The van der Waals surface area contributed by atoms with Gasteiger partial charge in [-0.2, -0.15) is 11.8 Å². The summed E-state index contributed by atoms with van der Waals surface area (Å²) in [6.45, 7) is 6.99. The maximum absolute atomic E-state index is 11.5. The highest BCUT2D eigenvalue weighted by Gasteiger charge is 2.48. The molecule has 1 aliphatic rings. The molecule has 1 amide bonds. The van der Waals surface area contributed by atoms with Crippen LogP contribution in [-0.4, -0.2) is 34.0 Å². The van der Waals surface area contributed by atoms with Crippen LogP contribution in [-0.2, 0) is 9.59 Å². The summed E-state index contributed by atoms with van der Waals surface area (Å²) in [7, 11) is 0. The van der Waals surface area contributed by atoms with Crippen molar-refractivity contribution in [3.05, 3.63) is 0 Å². The molecule has 5 heteroatoms. The van der Waals surface area contributed by atoms with Crippen molar-refractivity contribution >= 4 is 23.6 Å². The van der Waals surface area contributed by atoms with Gasteiger partial charge in [-0.15, -0.1) is 0 Å². The Morgan fingerprint density at radius 3 is 2.44 bits per heavy atom. The van der Waals surface area contributed by atoms with Crippen molar-refractivity contribution in [2.45, 2.75) is 31.9 Å². The minimum Gasteiger partial charge on any atom is -0.481 e. The highest BCUT2D eigenvalue weighted by Crippen LogP contribution is 2.38. The Morgan fingerprint density at radius 1 is 1.38 bits per heavy atom. The Hall–Kier alpha value is -0.710. The molecule has 0 spiro atoms. The minimum absolute atomic E-state index is 0.109. The van der Waals surface area contributed by atoms with Crippen LogP contribution in [0.15, 0.2) is 0 Å². The van der Waals surface area contributed by atoms with Crippen LogP contribution in [0.4, 0.5) is 0 Å². The van der Waals surface area contributed by atoms with Crippen molar-refractivity contribution in [2.75, 3.05) is 12.3 Å². The summed E-state index contributed by atoms with van der Waals surface area (Å²) in [5, 5.41) is 11.4. The molecule has 0 aliphatic heterocycles. The summed E-state index contributed by atoms with van der Waals surface area (Å²) >= 11 is 1.78. The molecule has 0 aromatic heterocycles. The van der Waals surface area contributed by atoms with E-state index in [2.05, 4.69) is 26.1 Å². The molecule has 92 valence electrons. The van der Waals surface area contributed by atoms with Gasteiger partial charge in [-0.1, -0.05) is 20.8 Å². The normalized spacial score (nSPS) is 23.9. The quantitative estimate of drug-likeness (QED) is 0.718. The average Bonchev–Trinajstić information content (AvgIpc) is 2.89. The van der Waals surface area contributed by atoms with Gasteiger partial charge in [0.15, 0.2) is 0 Å². The second-order valence-electron chi connectivity index (χ2n) is 5.04. The van der Waals surface area contributed by atoms with E-state index in [0.29, 0.717) is 13.0 Å². The van der Waals surface area contributed by atoms with E-state index in [4.69, 9.17) is 5.11 Å². The molecule has 1 fully saturated rings. The Labute approximate surface area is 100 Å². The van der Waals surface area contributed by atoms with Crippen molar-refractivity contribution in [3.8, 4) is 0 Å². The molecule has 2 N–H and O–H groups in total. The Kier molecular flexibility index (Phi) is 4.24. The van der Waals surface area contributed by atoms with Gasteiger partial charge >= 0.3 is 5.97 Å². The highest BCUT2D eigenvalue weighted by molar-refractivity contribution is 8.00. The third-order valence-electron chi connectivity index (χ3n) is 2.38. The van der Waals surface area contributed by atoms with Crippen molar-refractivity contribution in [1.29, 1.82) is 0 Å². The van der Waals surface area contributed by atoms with Crippen molar-refractivity contribution in [3.63, 3.8) is 0 Å². The number of carboxylic acids is 1. The topological polar surface area (TPSA) is 66.4 Å². The first-order valence-corrected chi connectivity index (χ1v) is 6.44. The molecule has 0 bridgehead atoms. The summed E-state index contributed by atoms with van der Waals surface area (Å²) in [6, 6.07) is 0. The Morgan fingerprint density at radius 2 is 2.00 bits per heavy atom. The largest absolute Gasteiger partial charge is 0.481 e. The van der Waals surface area contributed by atoms with E-state index in [0.717, 1.165) is 5.75 Å². The number of aliphatic carboxylic acids is 1. The van der Waals surface area contributed by atoms with E-state index in [1.165, 1.54) is 0 Å². The molecular weight excluding hydrogens is 226 g/mol. The number of nitrogens with one attached hydrogen (secondary N) is 1. The Balaban J connectivity index is 2.11. The first-order valence-electron chi connectivity index (χ1n) is 5.46. The number of carboxylic acid groups (broad SMARTS) is 1. The van der Waals surface area contributed by atoms with E-state index < -0.39 is 11.9 Å². The van der Waals surface area contributed by atoms with Crippen LogP contribution in [0.3, 0.4) is 0 Å². The van der Waals surface area contributed by atoms with Gasteiger partial charge in [0.05, 0.1) is 11.8 Å². The second kappa shape index (κ2) is 5.08. The van der Waals surface area contributed by atoms with Gasteiger partial charge in [0.2, 0.25) is 5.91 Å². The van der Waals surface area contributed by atoms with E-state index >= 15 is 0 Å². The molecule has 0 aromatic rings. The maximum Gasteiger partial charge on any atom is 0.307 e. The van der Waals surface area contributed by atoms with Crippen molar-refractivity contribution in [2.24, 2.45) is 11.8 Å². The summed E-state index contributed by atoms with van der Waals surface area (Å²) in [5.74, 6) is -0.849. The van der Waals surface area contributed by atoms with E-state index in [1.807, 2.05) is 0 Å². The lowest BCUT2D eigenvalue weighted by Gasteiger charge is -2.17. The van der Waals surface area contributed by atoms with Crippen LogP contribution in [0.5, 0.6) is 0 Å². The van der Waals surface area contributed by atoms with Crippen molar-refractivity contribution < 1.29 is 14.7 Å². The summed E-state index contributed by atoms with van der Waals surface area (Å²) in [4.78, 5) is 22.0. The van der Waals surface area contributed by atoms with Gasteiger partial charge in [-0.05, 0) is 6.42 Å². The first-order chi connectivity index (χ1) is 7.31. The zero-order chi connectivity index (χ0) is 12.3. The Bertz CT molecular complexity index is 285. The number of hydrogen-bond acceptors (Lipinski definition) is 3. The lowest BCUT2D eigenvalue weighted by atomic mass is 10.3. The smallest absolute Gasteiger partial charge is 0.307 e. The highest BCUT2D eigenvalue weighted by atomic mass is 32.2. The maximum atomic E-state index is 11.5. The van der Waals surface area contributed by atoms with Gasteiger partial charge in [-0.3, -0.25) is 9.59 Å². The van der Waals surface area contributed by atoms with Crippen LogP contribution < -0.4 is 5.32 Å². The molecule has 0 saturated heterocycles. The lowest BCUT2D eigenvalue weighted by Crippen LogP contribution is -2.29. The molecule has 2 atom stereocenters. The monoisotopic (exact) mass is 245 g/mol. The predicted molar refractivity (Wildman–Crippen MR) is 64.5 cm³/mol. The van der Waals surface area contributed by atoms with Gasteiger partial charge < -0.3 is 10.4 Å². The van der Waals surface area contributed by atoms with Crippen LogP contribution in [0.25, 0.3) is 0 Å². The SMILES string of the molecule is CC(C)(C)SCCNC(=O)C1CC1C(=O)O. The number of rotatable bonds is 5. The molecule has 0 aromatic carbocycles. The minimum atomic E-state index is -0.857. The van der Waals surface area contributed by atoms with Crippen LogP contribution in [0.1, 0.15) is 27.2 Å². The van der Waals surface area contributed by atoms with E-state index in [1.54, 1.807) is 11.8 Å². The molecular formula is C11H19NO3S. The standard InChI is InChI=1S/C11H19NO3S/c1-11(2,3)16-5-4-12-9(13)7-6-8(7)10(14)15/h7-8H,4-6H2,1-3H3,(H,12,13)(H,14,15). The number of thioether (sulfide) groups is 1. The van der Waals surface area contributed by atoms with Crippen LogP contribution >= 0.6 is 11.8 Å². The average molecular weight is 245 g/mol. The zero-order valence-corrected chi connectivity index (χ0v) is 10.8. The predicted octanol–water partition coefficient (Wildman–Crippen LogP) is 1.35. The second-order valence-corrected chi connectivity index (χ2v) is 6.96. The molecule has 0 radical (unpaired) electrons. The van der Waals surface area contributed by atoms with Gasteiger partial charge in [0.1, 0.15) is 0 Å². The lowest BCUT2D eigenvalue weighted by molar-refractivity contribution is -0.140. The van der Waals surface area contributed by atoms with Gasteiger partial charge in [0.25, 0.3) is 0 Å². The molecule has 2 unspecified atom stereocenters. The van der Waals surface area contributed by atoms with Crippen molar-refractivity contribution in [1.82, 2.24) is 5.32 Å². The molecule has 1 rings (SSSR count). The molecule has 4 nitrogen and oxygen atoms in total. The first kappa shape index (κ1) is 13.4. The fourth-order valence-corrected chi connectivity index (χ4v) is 2.24.